The fourth-order valence-electron chi connectivity index (χ4n) is 2.87. The highest BCUT2D eigenvalue weighted by Gasteiger charge is 2.17. The van der Waals surface area contributed by atoms with Gasteiger partial charge in [0.1, 0.15) is 0 Å². The Morgan fingerprint density at radius 2 is 1.81 bits per heavy atom. The van der Waals surface area contributed by atoms with Gasteiger partial charge in [-0.3, -0.25) is 19.4 Å². The van der Waals surface area contributed by atoms with Crippen molar-refractivity contribution in [3.8, 4) is 0 Å². The van der Waals surface area contributed by atoms with Crippen LogP contribution in [0.4, 0.5) is 0 Å². The van der Waals surface area contributed by atoms with E-state index in [1.54, 1.807) is 11.6 Å². The molecule has 3 rings (SSSR count). The molecule has 5 nitrogen and oxygen atoms in total. The summed E-state index contributed by atoms with van der Waals surface area (Å²) in [4.78, 5) is 24.6. The Kier molecular flexibility index (Phi) is 3.05. The lowest BCUT2D eigenvalue weighted by atomic mass is 10.1. The first-order valence-corrected chi connectivity index (χ1v) is 6.86. The molecule has 0 radical (unpaired) electrons. The van der Waals surface area contributed by atoms with E-state index in [9.17, 15) is 9.59 Å². The molecule has 5 heteroatoms. The number of aromatic nitrogens is 3. The molecule has 1 aromatic carbocycles. The van der Waals surface area contributed by atoms with Crippen molar-refractivity contribution in [1.29, 1.82) is 0 Å². The standard InChI is InChI=1S/C16H17N3O2/c1-10(12-7-5-4-6-8-12)19-11(2)15-13(9-14(19)20)17-18(3)16(15)21/h4-10,17H,1-3H3. The number of benzene rings is 1. The van der Waals surface area contributed by atoms with E-state index in [0.29, 0.717) is 16.6 Å². The van der Waals surface area contributed by atoms with Crippen LogP contribution in [-0.2, 0) is 7.05 Å². The minimum absolute atomic E-state index is 0.113. The molecule has 0 fully saturated rings. The van der Waals surface area contributed by atoms with E-state index < -0.39 is 0 Å². The SMILES string of the molecule is Cc1c2c(=O)n(C)[nH]c2cc(=O)n1C(C)c1ccccc1. The lowest BCUT2D eigenvalue weighted by Gasteiger charge is -2.18. The van der Waals surface area contributed by atoms with Gasteiger partial charge >= 0.3 is 0 Å². The number of nitrogens with one attached hydrogen (secondary N) is 1. The predicted molar refractivity (Wildman–Crippen MR) is 82.8 cm³/mol. The molecule has 0 aliphatic carbocycles. The van der Waals surface area contributed by atoms with Gasteiger partial charge in [0.05, 0.1) is 16.9 Å². The van der Waals surface area contributed by atoms with E-state index >= 15 is 0 Å². The second-order valence-electron chi connectivity index (χ2n) is 5.29. The van der Waals surface area contributed by atoms with Gasteiger partial charge in [-0.1, -0.05) is 30.3 Å². The zero-order chi connectivity index (χ0) is 15.1. The van der Waals surface area contributed by atoms with E-state index in [0.717, 1.165) is 5.56 Å². The number of nitrogens with zero attached hydrogens (tertiary/aromatic N) is 2. The number of fused-ring (bicyclic) bond motifs is 1. The van der Waals surface area contributed by atoms with Gasteiger partial charge in [-0.2, -0.15) is 0 Å². The number of pyridine rings is 1. The average Bonchev–Trinajstić information content (AvgIpc) is 2.74. The summed E-state index contributed by atoms with van der Waals surface area (Å²) in [5.41, 5.74) is 2.08. The predicted octanol–water partition coefficient (Wildman–Crippen LogP) is 1.95. The molecule has 2 heterocycles. The summed E-state index contributed by atoms with van der Waals surface area (Å²) < 4.78 is 3.07. The highest BCUT2D eigenvalue weighted by Crippen LogP contribution is 2.20. The normalized spacial score (nSPS) is 12.7. The van der Waals surface area contributed by atoms with Crippen LogP contribution in [0.5, 0.6) is 0 Å². The molecule has 2 aromatic heterocycles. The van der Waals surface area contributed by atoms with Crippen molar-refractivity contribution < 1.29 is 0 Å². The number of H-pyrrole nitrogens is 1. The van der Waals surface area contributed by atoms with E-state index in [4.69, 9.17) is 0 Å². The molecule has 108 valence electrons. The van der Waals surface area contributed by atoms with Crippen molar-refractivity contribution in [2.75, 3.05) is 0 Å². The molecular weight excluding hydrogens is 266 g/mol. The summed E-state index contributed by atoms with van der Waals surface area (Å²) in [7, 11) is 1.65. The van der Waals surface area contributed by atoms with Crippen LogP contribution < -0.4 is 11.1 Å². The number of hydrogen-bond acceptors (Lipinski definition) is 2. The van der Waals surface area contributed by atoms with Crippen LogP contribution >= 0.6 is 0 Å². The number of aromatic amines is 1. The second kappa shape index (κ2) is 4.77. The topological polar surface area (TPSA) is 59.8 Å². The van der Waals surface area contributed by atoms with E-state index in [2.05, 4.69) is 5.10 Å². The zero-order valence-electron chi connectivity index (χ0n) is 12.3. The maximum Gasteiger partial charge on any atom is 0.275 e. The summed E-state index contributed by atoms with van der Waals surface area (Å²) >= 11 is 0. The average molecular weight is 283 g/mol. The van der Waals surface area contributed by atoms with Crippen molar-refractivity contribution >= 4 is 10.9 Å². The third-order valence-corrected chi connectivity index (χ3v) is 3.97. The maximum atomic E-state index is 12.4. The second-order valence-corrected chi connectivity index (χ2v) is 5.29. The Bertz CT molecular complexity index is 916. The van der Waals surface area contributed by atoms with E-state index in [-0.39, 0.29) is 17.2 Å². The fourth-order valence-corrected chi connectivity index (χ4v) is 2.87. The lowest BCUT2D eigenvalue weighted by molar-refractivity contribution is 0.602. The molecule has 1 unspecified atom stereocenters. The van der Waals surface area contributed by atoms with Crippen molar-refractivity contribution in [3.05, 3.63) is 68.4 Å². The van der Waals surface area contributed by atoms with Gasteiger partial charge in [0.2, 0.25) is 0 Å². The summed E-state index contributed by atoms with van der Waals surface area (Å²) in [6.07, 6.45) is 0. The maximum absolute atomic E-state index is 12.4. The monoisotopic (exact) mass is 283 g/mol. The quantitative estimate of drug-likeness (QED) is 0.781. The highest BCUT2D eigenvalue weighted by molar-refractivity contribution is 5.80. The summed E-state index contributed by atoms with van der Waals surface area (Å²) in [5, 5.41) is 3.47. The molecule has 1 atom stereocenters. The molecule has 0 amide bonds. The molecule has 0 spiro atoms. The van der Waals surface area contributed by atoms with Gasteiger partial charge in [-0.05, 0) is 19.4 Å². The van der Waals surface area contributed by atoms with Crippen molar-refractivity contribution in [2.45, 2.75) is 19.9 Å². The first-order valence-electron chi connectivity index (χ1n) is 6.86. The minimum Gasteiger partial charge on any atom is -0.305 e. The van der Waals surface area contributed by atoms with Gasteiger partial charge in [-0.15, -0.1) is 0 Å². The summed E-state index contributed by atoms with van der Waals surface area (Å²) in [6, 6.07) is 11.2. The smallest absolute Gasteiger partial charge is 0.275 e. The zero-order valence-corrected chi connectivity index (χ0v) is 12.3. The number of hydrogen-bond donors (Lipinski definition) is 1. The van der Waals surface area contributed by atoms with Crippen LogP contribution in [0.1, 0.15) is 24.2 Å². The number of rotatable bonds is 2. The molecular formula is C16H17N3O2. The minimum atomic E-state index is -0.122. The molecule has 3 aromatic rings. The Labute approximate surface area is 121 Å². The Morgan fingerprint density at radius 3 is 2.48 bits per heavy atom. The molecule has 1 N–H and O–H groups in total. The van der Waals surface area contributed by atoms with Gasteiger partial charge in [-0.25, -0.2) is 0 Å². The molecule has 0 saturated heterocycles. The van der Waals surface area contributed by atoms with Gasteiger partial charge in [0, 0.05) is 18.8 Å². The van der Waals surface area contributed by atoms with Crippen LogP contribution in [0.3, 0.4) is 0 Å². The first kappa shape index (κ1) is 13.4. The molecule has 0 aliphatic heterocycles. The van der Waals surface area contributed by atoms with Crippen LogP contribution in [0.15, 0.2) is 46.0 Å². The van der Waals surface area contributed by atoms with Crippen LogP contribution in [0, 0.1) is 6.92 Å². The largest absolute Gasteiger partial charge is 0.305 e. The third kappa shape index (κ3) is 2.01. The molecule has 0 bridgehead atoms. The molecule has 0 saturated carbocycles. The van der Waals surface area contributed by atoms with Crippen molar-refractivity contribution in [1.82, 2.24) is 14.3 Å². The number of aryl methyl sites for hydroxylation is 2. The van der Waals surface area contributed by atoms with E-state index in [1.807, 2.05) is 44.2 Å². The lowest BCUT2D eigenvalue weighted by Crippen LogP contribution is -2.26. The molecule has 0 aliphatic rings. The Morgan fingerprint density at radius 1 is 1.14 bits per heavy atom. The Hall–Kier alpha value is -2.56. The molecule has 21 heavy (non-hydrogen) atoms. The first-order chi connectivity index (χ1) is 10.0. The van der Waals surface area contributed by atoms with Gasteiger partial charge in [0.25, 0.3) is 11.1 Å². The van der Waals surface area contributed by atoms with Crippen molar-refractivity contribution in [3.63, 3.8) is 0 Å². The van der Waals surface area contributed by atoms with Gasteiger partial charge in [0.15, 0.2) is 0 Å². The van der Waals surface area contributed by atoms with Crippen LogP contribution in [0.2, 0.25) is 0 Å². The third-order valence-electron chi connectivity index (χ3n) is 3.97. The summed E-state index contributed by atoms with van der Waals surface area (Å²) in [5.74, 6) is 0. The highest BCUT2D eigenvalue weighted by atomic mass is 16.1. The Balaban J connectivity index is 2.31. The van der Waals surface area contributed by atoms with E-state index in [1.165, 1.54) is 10.7 Å². The fraction of sp³-hybridized carbons (Fsp3) is 0.250. The van der Waals surface area contributed by atoms with Crippen LogP contribution in [0.25, 0.3) is 10.9 Å². The summed E-state index contributed by atoms with van der Waals surface area (Å²) in [6.45, 7) is 3.78. The van der Waals surface area contributed by atoms with Crippen LogP contribution in [-0.4, -0.2) is 14.3 Å². The van der Waals surface area contributed by atoms with Gasteiger partial charge < -0.3 is 4.57 Å². The van der Waals surface area contributed by atoms with Crippen molar-refractivity contribution in [2.24, 2.45) is 7.05 Å².